The third-order valence-electron chi connectivity index (χ3n) is 4.52. The number of hydrogen-bond acceptors (Lipinski definition) is 6. The summed E-state index contributed by atoms with van der Waals surface area (Å²) in [5.41, 5.74) is 1.42. The van der Waals surface area contributed by atoms with E-state index in [1.807, 2.05) is 13.0 Å². The number of hydrogen-bond donors (Lipinski definition) is 0. The van der Waals surface area contributed by atoms with Crippen molar-refractivity contribution in [2.45, 2.75) is 24.3 Å². The Balaban J connectivity index is 1.56. The molecule has 0 radical (unpaired) electrons. The van der Waals surface area contributed by atoms with Gasteiger partial charge in [-0.3, -0.25) is 9.67 Å². The van der Waals surface area contributed by atoms with E-state index in [4.69, 9.17) is 4.74 Å². The Bertz CT molecular complexity index is 1050. The highest BCUT2D eigenvalue weighted by molar-refractivity contribution is 7.89. The van der Waals surface area contributed by atoms with Crippen LogP contribution in [0.2, 0.25) is 0 Å². The average Bonchev–Trinajstić information content (AvgIpc) is 3.21. The average molecular weight is 373 g/mol. The predicted molar refractivity (Wildman–Crippen MR) is 95.3 cm³/mol. The first-order valence-electron chi connectivity index (χ1n) is 8.31. The Hall–Kier alpha value is -2.52. The maximum absolute atomic E-state index is 13.0. The van der Waals surface area contributed by atoms with Crippen LogP contribution < -0.4 is 4.74 Å². The molecule has 1 fully saturated rings. The number of aryl methyl sites for hydroxylation is 2. The van der Waals surface area contributed by atoms with Gasteiger partial charge in [-0.1, -0.05) is 0 Å². The van der Waals surface area contributed by atoms with Crippen LogP contribution in [0.4, 0.5) is 0 Å². The summed E-state index contributed by atoms with van der Waals surface area (Å²) in [5.74, 6) is 0.644. The standard InChI is InChI=1S/C17H19N5O3S/c1-12-16-8-15(10-19-17(16)21(2)20-12)26(23,24)22-7-5-14(11-22)25-13-4-3-6-18-9-13/h3-4,6,8-10,14H,5,7,11H2,1-2H3. The van der Waals surface area contributed by atoms with Crippen LogP contribution in [0.5, 0.6) is 5.75 Å². The van der Waals surface area contributed by atoms with Crippen molar-refractivity contribution in [3.05, 3.63) is 42.5 Å². The maximum Gasteiger partial charge on any atom is 0.244 e. The Morgan fingerprint density at radius 2 is 2.15 bits per heavy atom. The van der Waals surface area contributed by atoms with Crippen molar-refractivity contribution in [3.8, 4) is 5.75 Å². The van der Waals surface area contributed by atoms with Gasteiger partial charge in [0.2, 0.25) is 10.0 Å². The lowest BCUT2D eigenvalue weighted by atomic mass is 10.3. The zero-order valence-corrected chi connectivity index (χ0v) is 15.3. The SMILES string of the molecule is Cc1nn(C)c2ncc(S(=O)(=O)N3CCC(Oc4cccnc4)C3)cc12. The second-order valence-corrected chi connectivity index (χ2v) is 8.27. The molecular weight excluding hydrogens is 354 g/mol. The normalized spacial score (nSPS) is 18.5. The first kappa shape index (κ1) is 16.9. The zero-order chi connectivity index (χ0) is 18.3. The summed E-state index contributed by atoms with van der Waals surface area (Å²) in [6.45, 7) is 2.56. The highest BCUT2D eigenvalue weighted by Gasteiger charge is 2.34. The quantitative estimate of drug-likeness (QED) is 0.689. The molecule has 1 atom stereocenters. The largest absolute Gasteiger partial charge is 0.487 e. The van der Waals surface area contributed by atoms with Crippen LogP contribution in [0.3, 0.4) is 0 Å². The van der Waals surface area contributed by atoms with E-state index in [1.165, 1.54) is 10.5 Å². The molecule has 3 aromatic rings. The number of sulfonamides is 1. The Kier molecular flexibility index (Phi) is 4.12. The van der Waals surface area contributed by atoms with E-state index in [9.17, 15) is 8.42 Å². The molecule has 0 spiro atoms. The van der Waals surface area contributed by atoms with Crippen molar-refractivity contribution >= 4 is 21.1 Å². The topological polar surface area (TPSA) is 90.2 Å². The van der Waals surface area contributed by atoms with Crippen molar-refractivity contribution in [1.29, 1.82) is 0 Å². The van der Waals surface area contributed by atoms with Gasteiger partial charge >= 0.3 is 0 Å². The molecule has 8 nitrogen and oxygen atoms in total. The van der Waals surface area contributed by atoms with Crippen molar-refractivity contribution < 1.29 is 13.2 Å². The fraction of sp³-hybridized carbons (Fsp3) is 0.353. The van der Waals surface area contributed by atoms with Crippen LogP contribution in [0.15, 0.2) is 41.7 Å². The first-order chi connectivity index (χ1) is 12.4. The minimum Gasteiger partial charge on any atom is -0.487 e. The Labute approximate surface area is 151 Å². The molecule has 3 aromatic heterocycles. The highest BCUT2D eigenvalue weighted by Crippen LogP contribution is 2.26. The molecule has 4 rings (SSSR count). The van der Waals surface area contributed by atoms with Crippen LogP contribution >= 0.6 is 0 Å². The number of ether oxygens (including phenoxy) is 1. The van der Waals surface area contributed by atoms with Gasteiger partial charge in [0.1, 0.15) is 16.7 Å². The number of pyridine rings is 2. The molecule has 0 bridgehead atoms. The van der Waals surface area contributed by atoms with Gasteiger partial charge < -0.3 is 4.74 Å². The molecule has 0 aromatic carbocycles. The lowest BCUT2D eigenvalue weighted by molar-refractivity contribution is 0.214. The second kappa shape index (κ2) is 6.33. The summed E-state index contributed by atoms with van der Waals surface area (Å²) in [5, 5.41) is 5.04. The van der Waals surface area contributed by atoms with Crippen molar-refractivity contribution in [3.63, 3.8) is 0 Å². The van der Waals surface area contributed by atoms with Gasteiger partial charge in [-0.05, 0) is 31.5 Å². The zero-order valence-electron chi connectivity index (χ0n) is 14.5. The number of aromatic nitrogens is 4. The Morgan fingerprint density at radius 1 is 1.31 bits per heavy atom. The molecular formula is C17H19N5O3S. The van der Waals surface area contributed by atoms with Crippen molar-refractivity contribution in [2.75, 3.05) is 13.1 Å². The van der Waals surface area contributed by atoms with Crippen LogP contribution in [0, 0.1) is 6.92 Å². The van der Waals surface area contributed by atoms with Gasteiger partial charge in [0, 0.05) is 31.4 Å². The Morgan fingerprint density at radius 3 is 2.92 bits per heavy atom. The summed E-state index contributed by atoms with van der Waals surface area (Å²) in [6.07, 6.45) is 5.14. The molecule has 4 heterocycles. The highest BCUT2D eigenvalue weighted by atomic mass is 32.2. The van der Waals surface area contributed by atoms with E-state index >= 15 is 0 Å². The van der Waals surface area contributed by atoms with Crippen LogP contribution in [0.1, 0.15) is 12.1 Å². The summed E-state index contributed by atoms with van der Waals surface area (Å²) in [6, 6.07) is 5.25. The van der Waals surface area contributed by atoms with Gasteiger partial charge in [0.15, 0.2) is 5.65 Å². The molecule has 0 saturated carbocycles. The van der Waals surface area contributed by atoms with E-state index in [0.717, 1.165) is 11.1 Å². The fourth-order valence-corrected chi connectivity index (χ4v) is 4.66. The molecule has 1 unspecified atom stereocenters. The van der Waals surface area contributed by atoms with Crippen LogP contribution in [0.25, 0.3) is 11.0 Å². The molecule has 0 aliphatic carbocycles. The van der Waals surface area contributed by atoms with Gasteiger partial charge in [0.25, 0.3) is 0 Å². The van der Waals surface area contributed by atoms with E-state index in [0.29, 0.717) is 30.9 Å². The predicted octanol–water partition coefficient (Wildman–Crippen LogP) is 1.51. The number of fused-ring (bicyclic) bond motifs is 1. The number of nitrogens with zero attached hydrogens (tertiary/aromatic N) is 5. The molecule has 1 saturated heterocycles. The third-order valence-corrected chi connectivity index (χ3v) is 6.35. The summed E-state index contributed by atoms with van der Waals surface area (Å²) < 4.78 is 34.9. The third kappa shape index (κ3) is 2.93. The summed E-state index contributed by atoms with van der Waals surface area (Å²) >= 11 is 0. The van der Waals surface area contributed by atoms with Crippen molar-refractivity contribution in [1.82, 2.24) is 24.1 Å². The maximum atomic E-state index is 13.0. The van der Waals surface area contributed by atoms with Gasteiger partial charge in [-0.2, -0.15) is 9.40 Å². The lowest BCUT2D eigenvalue weighted by Crippen LogP contribution is -2.31. The van der Waals surface area contributed by atoms with Gasteiger partial charge in [-0.15, -0.1) is 0 Å². The molecule has 1 aliphatic heterocycles. The molecule has 26 heavy (non-hydrogen) atoms. The number of rotatable bonds is 4. The molecule has 1 aliphatic rings. The molecule has 9 heteroatoms. The van der Waals surface area contributed by atoms with Crippen LogP contribution in [-0.4, -0.2) is 51.7 Å². The van der Waals surface area contributed by atoms with Crippen molar-refractivity contribution in [2.24, 2.45) is 7.05 Å². The van der Waals surface area contributed by atoms with E-state index < -0.39 is 10.0 Å². The molecule has 0 amide bonds. The summed E-state index contributed by atoms with van der Waals surface area (Å²) in [7, 11) is -1.84. The van der Waals surface area contributed by atoms with Crippen LogP contribution in [-0.2, 0) is 17.1 Å². The second-order valence-electron chi connectivity index (χ2n) is 6.33. The summed E-state index contributed by atoms with van der Waals surface area (Å²) in [4.78, 5) is 8.47. The minimum absolute atomic E-state index is 0.183. The molecule has 136 valence electrons. The van der Waals surface area contributed by atoms with Gasteiger partial charge in [0.05, 0.1) is 18.4 Å². The lowest BCUT2D eigenvalue weighted by Gasteiger charge is -2.17. The minimum atomic E-state index is -3.62. The molecule has 0 N–H and O–H groups in total. The van der Waals surface area contributed by atoms with E-state index in [1.54, 1.807) is 36.3 Å². The first-order valence-corrected chi connectivity index (χ1v) is 9.75. The fourth-order valence-electron chi connectivity index (χ4n) is 3.20. The van der Waals surface area contributed by atoms with Gasteiger partial charge in [-0.25, -0.2) is 13.4 Å². The smallest absolute Gasteiger partial charge is 0.244 e. The van der Waals surface area contributed by atoms with E-state index in [2.05, 4.69) is 15.1 Å². The monoisotopic (exact) mass is 373 g/mol. The van der Waals surface area contributed by atoms with E-state index in [-0.39, 0.29) is 11.0 Å².